The zero-order chi connectivity index (χ0) is 20.7. The third-order valence-electron chi connectivity index (χ3n) is 6.32. The Morgan fingerprint density at radius 1 is 1.27 bits per heavy atom. The molecule has 1 saturated heterocycles. The molecule has 2 aromatic rings. The molecule has 2 unspecified atom stereocenters. The van der Waals surface area contributed by atoms with Gasteiger partial charge in [-0.05, 0) is 66.0 Å². The summed E-state index contributed by atoms with van der Waals surface area (Å²) in [5.41, 5.74) is 4.83. The monoisotopic (exact) mass is 401 g/mol. The van der Waals surface area contributed by atoms with E-state index in [1.807, 2.05) is 23.1 Å². The molecule has 1 aromatic heterocycles. The molecule has 1 amide bonds. The van der Waals surface area contributed by atoms with Gasteiger partial charge in [0.15, 0.2) is 0 Å². The highest BCUT2D eigenvalue weighted by molar-refractivity contribution is 5.92. The summed E-state index contributed by atoms with van der Waals surface area (Å²) in [7, 11) is 0. The second-order valence-corrected chi connectivity index (χ2v) is 8.38. The molecule has 4 nitrogen and oxygen atoms in total. The van der Waals surface area contributed by atoms with Crippen LogP contribution in [0.1, 0.15) is 29.5 Å². The number of carbonyl (C=O) groups excluding carboxylic acids is 1. The highest BCUT2D eigenvalue weighted by Gasteiger charge is 2.38. The minimum Gasteiger partial charge on any atom is -0.344 e. The number of hydrogen-bond donors (Lipinski definition) is 1. The fraction of sp³-hybridized carbons (Fsp3) is 0.280. The Hall–Kier alpha value is -3.21. The number of pyridine rings is 1. The summed E-state index contributed by atoms with van der Waals surface area (Å²) in [6, 6.07) is 9.01. The van der Waals surface area contributed by atoms with Crippen molar-refractivity contribution in [3.8, 4) is 0 Å². The van der Waals surface area contributed by atoms with Crippen molar-refractivity contribution in [2.75, 3.05) is 18.4 Å². The Bertz CT molecular complexity index is 1090. The smallest absolute Gasteiger partial charge is 0.246 e. The van der Waals surface area contributed by atoms with Gasteiger partial charge in [-0.2, -0.15) is 0 Å². The number of nitrogens with zero attached hydrogens (tertiary/aromatic N) is 2. The molecule has 0 spiro atoms. The van der Waals surface area contributed by atoms with Crippen molar-refractivity contribution in [2.24, 2.45) is 11.8 Å². The number of carbonyl (C=O) groups is 1. The van der Waals surface area contributed by atoms with Crippen molar-refractivity contribution >= 4 is 23.4 Å². The van der Waals surface area contributed by atoms with Gasteiger partial charge in [0, 0.05) is 36.6 Å². The van der Waals surface area contributed by atoms with Crippen molar-refractivity contribution in [3.05, 3.63) is 83.5 Å². The van der Waals surface area contributed by atoms with Crippen LogP contribution in [0, 0.1) is 17.7 Å². The van der Waals surface area contributed by atoms with Gasteiger partial charge in [-0.1, -0.05) is 30.9 Å². The molecule has 2 aliphatic heterocycles. The fourth-order valence-corrected chi connectivity index (χ4v) is 4.72. The van der Waals surface area contributed by atoms with E-state index in [1.165, 1.54) is 6.07 Å². The van der Waals surface area contributed by atoms with Gasteiger partial charge >= 0.3 is 0 Å². The maximum absolute atomic E-state index is 14.1. The Kier molecular flexibility index (Phi) is 4.74. The molecule has 5 heteroatoms. The van der Waals surface area contributed by atoms with E-state index in [1.54, 1.807) is 18.3 Å². The first-order valence-corrected chi connectivity index (χ1v) is 10.4. The number of amides is 1. The number of likely N-dealkylation sites (tertiary alicyclic amines) is 1. The molecule has 3 heterocycles. The molecule has 1 aromatic carbocycles. The van der Waals surface area contributed by atoms with Crippen LogP contribution in [0.5, 0.6) is 0 Å². The largest absolute Gasteiger partial charge is 0.344 e. The number of anilines is 1. The van der Waals surface area contributed by atoms with E-state index in [4.69, 9.17) is 0 Å². The predicted octanol–water partition coefficient (Wildman–Crippen LogP) is 4.67. The molecule has 1 aliphatic carbocycles. The highest BCUT2D eigenvalue weighted by Crippen LogP contribution is 2.41. The van der Waals surface area contributed by atoms with Crippen molar-refractivity contribution in [2.45, 2.75) is 19.3 Å². The third-order valence-corrected chi connectivity index (χ3v) is 6.32. The molecule has 30 heavy (non-hydrogen) atoms. The lowest BCUT2D eigenvalue weighted by Gasteiger charge is -2.19. The first-order chi connectivity index (χ1) is 14.6. The van der Waals surface area contributed by atoms with Crippen LogP contribution in [-0.4, -0.2) is 28.9 Å². The number of halogens is 1. The summed E-state index contributed by atoms with van der Waals surface area (Å²) in [4.78, 5) is 19.1. The Morgan fingerprint density at radius 3 is 2.97 bits per heavy atom. The molecule has 5 rings (SSSR count). The van der Waals surface area contributed by atoms with Gasteiger partial charge in [-0.15, -0.1) is 0 Å². The van der Waals surface area contributed by atoms with Gasteiger partial charge in [0.25, 0.3) is 0 Å². The summed E-state index contributed by atoms with van der Waals surface area (Å²) < 4.78 is 14.1. The van der Waals surface area contributed by atoms with E-state index in [0.29, 0.717) is 23.9 Å². The fourth-order valence-electron chi connectivity index (χ4n) is 4.72. The van der Waals surface area contributed by atoms with Crippen LogP contribution in [0.2, 0.25) is 0 Å². The van der Waals surface area contributed by atoms with Crippen molar-refractivity contribution < 1.29 is 9.18 Å². The standard InChI is InChI=1S/C25H24FN3O/c1-16-6-8-18-10-17(13-27-25(18)28-16)7-9-24(30)29-14-20-11-19(12-21(20)15-29)22-4-2-3-5-23(22)26/h2-5,7,9-11,13,20-21H,1,6,8,12,14-15H2,(H,27,28)/b9-7+. The van der Waals surface area contributed by atoms with E-state index in [0.717, 1.165) is 54.0 Å². The lowest BCUT2D eigenvalue weighted by atomic mass is 9.98. The summed E-state index contributed by atoms with van der Waals surface area (Å²) in [6.45, 7) is 5.36. The normalized spacial score (nSPS) is 22.6. The Morgan fingerprint density at radius 2 is 2.13 bits per heavy atom. The second kappa shape index (κ2) is 7.56. The first kappa shape index (κ1) is 18.8. The molecule has 3 aliphatic rings. The van der Waals surface area contributed by atoms with Crippen LogP contribution in [0.3, 0.4) is 0 Å². The molecular formula is C25H24FN3O. The predicted molar refractivity (Wildman–Crippen MR) is 117 cm³/mol. The number of allylic oxidation sites excluding steroid dienone is 2. The Balaban J connectivity index is 1.24. The summed E-state index contributed by atoms with van der Waals surface area (Å²) >= 11 is 0. The van der Waals surface area contributed by atoms with Gasteiger partial charge in [-0.3, -0.25) is 4.79 Å². The molecule has 1 fully saturated rings. The summed E-state index contributed by atoms with van der Waals surface area (Å²) in [6.07, 6.45) is 10.1. The molecule has 2 atom stereocenters. The number of rotatable bonds is 3. The van der Waals surface area contributed by atoms with Gasteiger partial charge in [-0.25, -0.2) is 9.37 Å². The van der Waals surface area contributed by atoms with Gasteiger partial charge in [0.2, 0.25) is 5.91 Å². The lowest BCUT2D eigenvalue weighted by Crippen LogP contribution is -2.27. The highest BCUT2D eigenvalue weighted by atomic mass is 19.1. The topological polar surface area (TPSA) is 45.2 Å². The number of benzene rings is 1. The number of aromatic nitrogens is 1. The van der Waals surface area contributed by atoms with E-state index >= 15 is 0 Å². The van der Waals surface area contributed by atoms with Crippen LogP contribution in [-0.2, 0) is 11.2 Å². The molecule has 0 bridgehead atoms. The minimum absolute atomic E-state index is 0.0227. The average molecular weight is 401 g/mol. The SMILES string of the molecule is C=C1CCc2cc(/C=C/C(=O)N3CC4C=C(c5ccccc5F)CC4C3)cnc2N1. The van der Waals surface area contributed by atoms with E-state index in [9.17, 15) is 9.18 Å². The lowest BCUT2D eigenvalue weighted by molar-refractivity contribution is -0.125. The Labute approximate surface area is 175 Å². The molecule has 0 saturated carbocycles. The second-order valence-electron chi connectivity index (χ2n) is 8.38. The van der Waals surface area contributed by atoms with Crippen molar-refractivity contribution in [3.63, 3.8) is 0 Å². The molecule has 1 N–H and O–H groups in total. The zero-order valence-corrected chi connectivity index (χ0v) is 16.8. The quantitative estimate of drug-likeness (QED) is 0.761. The number of aryl methyl sites for hydroxylation is 1. The maximum atomic E-state index is 14.1. The number of fused-ring (bicyclic) bond motifs is 2. The van der Waals surface area contributed by atoms with Crippen LogP contribution >= 0.6 is 0 Å². The summed E-state index contributed by atoms with van der Waals surface area (Å²) in [5, 5.41) is 3.20. The first-order valence-electron chi connectivity index (χ1n) is 10.4. The molecule has 0 radical (unpaired) electrons. The third kappa shape index (κ3) is 3.56. The van der Waals surface area contributed by atoms with E-state index in [-0.39, 0.29) is 11.7 Å². The number of hydrogen-bond acceptors (Lipinski definition) is 3. The van der Waals surface area contributed by atoms with Crippen molar-refractivity contribution in [1.82, 2.24) is 9.88 Å². The van der Waals surface area contributed by atoms with Gasteiger partial charge in [0.1, 0.15) is 11.6 Å². The van der Waals surface area contributed by atoms with Gasteiger partial charge in [0.05, 0.1) is 0 Å². The molecular weight excluding hydrogens is 377 g/mol. The van der Waals surface area contributed by atoms with E-state index < -0.39 is 0 Å². The van der Waals surface area contributed by atoms with Crippen LogP contribution in [0.4, 0.5) is 10.2 Å². The maximum Gasteiger partial charge on any atom is 0.246 e. The summed E-state index contributed by atoms with van der Waals surface area (Å²) in [5.74, 6) is 1.40. The average Bonchev–Trinajstić information content (AvgIpc) is 3.31. The van der Waals surface area contributed by atoms with Crippen LogP contribution in [0.15, 0.2) is 61.0 Å². The molecule has 152 valence electrons. The van der Waals surface area contributed by atoms with Crippen molar-refractivity contribution in [1.29, 1.82) is 0 Å². The number of nitrogens with one attached hydrogen (secondary N) is 1. The minimum atomic E-state index is -0.169. The van der Waals surface area contributed by atoms with Crippen LogP contribution < -0.4 is 5.32 Å². The van der Waals surface area contributed by atoms with Gasteiger partial charge < -0.3 is 10.2 Å². The zero-order valence-electron chi connectivity index (χ0n) is 16.8. The van der Waals surface area contributed by atoms with Crippen LogP contribution in [0.25, 0.3) is 11.6 Å². The van der Waals surface area contributed by atoms with E-state index in [2.05, 4.69) is 29.0 Å².